The predicted molar refractivity (Wildman–Crippen MR) is 76.9 cm³/mol. The van der Waals surface area contributed by atoms with E-state index in [1.165, 1.54) is 18.8 Å². The molecule has 3 rings (SSSR count). The molecule has 0 saturated carbocycles. The lowest BCUT2D eigenvalue weighted by molar-refractivity contribution is 0.102. The van der Waals surface area contributed by atoms with Crippen LogP contribution in [0.5, 0.6) is 0 Å². The Balaban J connectivity index is 1.77. The van der Waals surface area contributed by atoms with Crippen LogP contribution in [-0.2, 0) is 0 Å². The Bertz CT molecular complexity index is 757. The topological polar surface area (TPSA) is 80.9 Å². The lowest BCUT2D eigenvalue weighted by Gasteiger charge is -2.06. The van der Waals surface area contributed by atoms with Gasteiger partial charge in [0.05, 0.1) is 10.6 Å². The maximum atomic E-state index is 12.1. The number of carbonyl (C=O) groups excluding carboxylic acids is 1. The summed E-state index contributed by atoms with van der Waals surface area (Å²) in [4.78, 5) is 15.9. The fourth-order valence-electron chi connectivity index (χ4n) is 1.75. The van der Waals surface area contributed by atoms with Crippen molar-refractivity contribution < 1.29 is 9.21 Å². The Hall–Kier alpha value is -2.73. The van der Waals surface area contributed by atoms with E-state index in [2.05, 4.69) is 20.5 Å². The fourth-order valence-corrected chi connectivity index (χ4v) is 1.96. The zero-order valence-corrected chi connectivity index (χ0v) is 11.4. The highest BCUT2D eigenvalue weighted by Crippen LogP contribution is 2.20. The minimum absolute atomic E-state index is 0.298. The van der Waals surface area contributed by atoms with Crippen molar-refractivity contribution in [2.75, 3.05) is 5.32 Å². The van der Waals surface area contributed by atoms with Crippen LogP contribution in [-0.4, -0.2) is 21.1 Å². The van der Waals surface area contributed by atoms with Crippen LogP contribution in [0.4, 0.5) is 5.69 Å². The number of pyridine rings is 1. The maximum absolute atomic E-state index is 12.1. The van der Waals surface area contributed by atoms with Gasteiger partial charge in [0.2, 0.25) is 12.3 Å². The summed E-state index contributed by atoms with van der Waals surface area (Å²) in [5.74, 6) is 0.123. The highest BCUT2D eigenvalue weighted by molar-refractivity contribution is 6.34. The van der Waals surface area contributed by atoms with Gasteiger partial charge in [0.15, 0.2) is 0 Å². The molecule has 1 aromatic carbocycles. The Kier molecular flexibility index (Phi) is 3.61. The molecule has 2 aromatic heterocycles. The zero-order valence-electron chi connectivity index (χ0n) is 10.7. The van der Waals surface area contributed by atoms with Crippen LogP contribution in [0.25, 0.3) is 11.5 Å². The number of halogens is 1. The number of aromatic nitrogens is 3. The average Bonchev–Trinajstić information content (AvgIpc) is 3.02. The maximum Gasteiger partial charge on any atom is 0.257 e. The molecule has 0 saturated heterocycles. The molecular formula is C14H9ClN4O2. The number of carbonyl (C=O) groups is 1. The number of nitrogens with one attached hydrogen (secondary N) is 1. The quantitative estimate of drug-likeness (QED) is 0.804. The number of rotatable bonds is 3. The van der Waals surface area contributed by atoms with E-state index >= 15 is 0 Å². The number of hydrogen-bond donors (Lipinski definition) is 1. The van der Waals surface area contributed by atoms with Gasteiger partial charge in [0.1, 0.15) is 0 Å². The van der Waals surface area contributed by atoms with E-state index in [9.17, 15) is 4.79 Å². The number of anilines is 1. The first-order valence-electron chi connectivity index (χ1n) is 6.01. The van der Waals surface area contributed by atoms with Gasteiger partial charge in [-0.2, -0.15) is 0 Å². The molecule has 0 spiro atoms. The van der Waals surface area contributed by atoms with Crippen molar-refractivity contribution in [3.05, 3.63) is 59.7 Å². The Morgan fingerprint density at radius 1 is 1.19 bits per heavy atom. The minimum Gasteiger partial charge on any atom is -0.423 e. The summed E-state index contributed by atoms with van der Waals surface area (Å²) in [5, 5.41) is 10.5. The molecule has 1 amide bonds. The molecule has 0 fully saturated rings. The number of amides is 1. The van der Waals surface area contributed by atoms with Crippen molar-refractivity contribution in [1.82, 2.24) is 15.2 Å². The summed E-state index contributed by atoms with van der Waals surface area (Å²) in [6, 6.07) is 8.60. The van der Waals surface area contributed by atoms with E-state index in [4.69, 9.17) is 16.0 Å². The van der Waals surface area contributed by atoms with Crippen molar-refractivity contribution in [3.63, 3.8) is 0 Å². The third-order valence-electron chi connectivity index (χ3n) is 2.77. The third kappa shape index (κ3) is 2.90. The Morgan fingerprint density at radius 2 is 2.00 bits per heavy atom. The van der Waals surface area contributed by atoms with Gasteiger partial charge in [-0.15, -0.1) is 10.2 Å². The molecule has 0 aliphatic rings. The van der Waals surface area contributed by atoms with E-state index in [0.717, 1.165) is 5.56 Å². The highest BCUT2D eigenvalue weighted by Gasteiger charge is 2.10. The molecule has 0 radical (unpaired) electrons. The summed E-state index contributed by atoms with van der Waals surface area (Å²) in [7, 11) is 0. The summed E-state index contributed by atoms with van der Waals surface area (Å²) >= 11 is 5.93. The first-order chi connectivity index (χ1) is 10.2. The van der Waals surface area contributed by atoms with Gasteiger partial charge >= 0.3 is 0 Å². The van der Waals surface area contributed by atoms with E-state index in [-0.39, 0.29) is 5.91 Å². The lowest BCUT2D eigenvalue weighted by atomic mass is 10.2. The van der Waals surface area contributed by atoms with E-state index < -0.39 is 0 Å². The average molecular weight is 301 g/mol. The molecule has 6 nitrogen and oxygen atoms in total. The normalized spacial score (nSPS) is 10.3. The Morgan fingerprint density at radius 3 is 2.67 bits per heavy atom. The molecule has 7 heteroatoms. The van der Waals surface area contributed by atoms with Gasteiger partial charge in [-0.3, -0.25) is 9.78 Å². The summed E-state index contributed by atoms with van der Waals surface area (Å²) < 4.78 is 5.09. The summed E-state index contributed by atoms with van der Waals surface area (Å²) in [6.07, 6.45) is 4.20. The smallest absolute Gasteiger partial charge is 0.257 e. The number of hydrogen-bond acceptors (Lipinski definition) is 5. The summed E-state index contributed by atoms with van der Waals surface area (Å²) in [6.45, 7) is 0. The zero-order chi connectivity index (χ0) is 14.7. The number of nitrogens with zero attached hydrogens (tertiary/aromatic N) is 3. The molecule has 0 bridgehead atoms. The van der Waals surface area contributed by atoms with Gasteiger partial charge in [-0.1, -0.05) is 11.6 Å². The lowest BCUT2D eigenvalue weighted by Crippen LogP contribution is -2.12. The van der Waals surface area contributed by atoms with Gasteiger partial charge < -0.3 is 9.73 Å². The molecule has 1 N–H and O–H groups in total. The molecular weight excluding hydrogens is 292 g/mol. The number of benzene rings is 1. The molecule has 21 heavy (non-hydrogen) atoms. The van der Waals surface area contributed by atoms with Crippen LogP contribution >= 0.6 is 11.6 Å². The predicted octanol–water partition coefficient (Wildman–Crippen LogP) is 3.04. The van der Waals surface area contributed by atoms with E-state index in [1.54, 1.807) is 30.3 Å². The highest BCUT2D eigenvalue weighted by atomic mass is 35.5. The fraction of sp³-hybridized carbons (Fsp3) is 0. The van der Waals surface area contributed by atoms with Crippen molar-refractivity contribution >= 4 is 23.2 Å². The minimum atomic E-state index is -0.298. The van der Waals surface area contributed by atoms with Crippen LogP contribution in [0.3, 0.4) is 0 Å². The van der Waals surface area contributed by atoms with Gasteiger partial charge in [-0.25, -0.2) is 0 Å². The first kappa shape index (κ1) is 13.3. The van der Waals surface area contributed by atoms with Crippen LogP contribution in [0.2, 0.25) is 5.02 Å². The second kappa shape index (κ2) is 5.72. The van der Waals surface area contributed by atoms with Crippen LogP contribution < -0.4 is 5.32 Å². The van der Waals surface area contributed by atoms with Crippen molar-refractivity contribution in [3.8, 4) is 11.5 Å². The second-order valence-corrected chi connectivity index (χ2v) is 4.54. The molecule has 0 unspecified atom stereocenters. The second-order valence-electron chi connectivity index (χ2n) is 4.13. The summed E-state index contributed by atoms with van der Waals surface area (Å²) in [5.41, 5.74) is 1.77. The van der Waals surface area contributed by atoms with E-state index in [0.29, 0.717) is 22.2 Å². The van der Waals surface area contributed by atoms with E-state index in [1.807, 2.05) is 0 Å². The van der Waals surface area contributed by atoms with Crippen LogP contribution in [0.1, 0.15) is 10.4 Å². The first-order valence-corrected chi connectivity index (χ1v) is 6.39. The molecule has 3 aromatic rings. The molecule has 0 aliphatic heterocycles. The van der Waals surface area contributed by atoms with Crippen LogP contribution in [0.15, 0.2) is 53.5 Å². The standard InChI is InChI=1S/C14H9ClN4O2/c15-12-7-16-6-5-11(12)13(20)18-10-3-1-9(2-4-10)14-19-17-8-21-14/h1-8H,(H,18,20). The van der Waals surface area contributed by atoms with Crippen molar-refractivity contribution in [2.24, 2.45) is 0 Å². The molecule has 104 valence electrons. The largest absolute Gasteiger partial charge is 0.423 e. The molecule has 2 heterocycles. The molecule has 0 aliphatic carbocycles. The third-order valence-corrected chi connectivity index (χ3v) is 3.07. The van der Waals surface area contributed by atoms with Gasteiger partial charge in [0.25, 0.3) is 5.91 Å². The Labute approximate surface area is 124 Å². The SMILES string of the molecule is O=C(Nc1ccc(-c2nnco2)cc1)c1ccncc1Cl. The van der Waals surface area contributed by atoms with Crippen molar-refractivity contribution in [2.45, 2.75) is 0 Å². The monoisotopic (exact) mass is 300 g/mol. The van der Waals surface area contributed by atoms with Crippen molar-refractivity contribution in [1.29, 1.82) is 0 Å². The van der Waals surface area contributed by atoms with Crippen LogP contribution in [0, 0.1) is 0 Å². The van der Waals surface area contributed by atoms with Gasteiger partial charge in [-0.05, 0) is 30.3 Å². The van der Waals surface area contributed by atoms with Gasteiger partial charge in [0, 0.05) is 23.6 Å². The molecule has 0 atom stereocenters.